The molecule has 1 unspecified atom stereocenters. The van der Waals surface area contributed by atoms with Crippen LogP contribution < -0.4 is 10.1 Å². The van der Waals surface area contributed by atoms with Crippen LogP contribution in [0.2, 0.25) is 0 Å². The highest BCUT2D eigenvalue weighted by molar-refractivity contribution is 6.04. The lowest BCUT2D eigenvalue weighted by atomic mass is 9.71. The van der Waals surface area contributed by atoms with E-state index in [0.29, 0.717) is 41.9 Å². The summed E-state index contributed by atoms with van der Waals surface area (Å²) in [5.41, 5.74) is 4.05. The molecule has 7 heteroatoms. The number of ether oxygens (including phenoxy) is 3. The molecule has 2 heterocycles. The highest BCUT2D eigenvalue weighted by atomic mass is 16.6. The number of rotatable bonds is 6. The molecule has 0 spiro atoms. The topological polar surface area (TPSA) is 94.1 Å². The second-order valence-electron chi connectivity index (χ2n) is 9.59. The Balaban J connectivity index is 1.51. The van der Waals surface area contributed by atoms with E-state index < -0.39 is 11.9 Å². The molecule has 3 atom stereocenters. The number of hydrogen-bond acceptors (Lipinski definition) is 7. The SMILES string of the molecule is COc1ccccc1[C@@H]1CC(=O)C2=C(C1)NC(C)=C(C(=O)OCC1CCCO1)[C@@H]2c1cccc(O)c1. The normalized spacial score (nSPS) is 23.8. The van der Waals surface area contributed by atoms with Gasteiger partial charge in [-0.2, -0.15) is 0 Å². The maximum Gasteiger partial charge on any atom is 0.336 e. The van der Waals surface area contributed by atoms with E-state index in [0.717, 1.165) is 29.9 Å². The number of phenols is 1. The van der Waals surface area contributed by atoms with Crippen molar-refractivity contribution in [2.75, 3.05) is 20.3 Å². The summed E-state index contributed by atoms with van der Waals surface area (Å²) in [4.78, 5) is 27.1. The van der Waals surface area contributed by atoms with Gasteiger partial charge in [-0.1, -0.05) is 30.3 Å². The Morgan fingerprint density at radius 3 is 2.75 bits per heavy atom. The van der Waals surface area contributed by atoms with Crippen LogP contribution in [-0.4, -0.2) is 43.3 Å². The van der Waals surface area contributed by atoms with Crippen LogP contribution in [0.25, 0.3) is 0 Å². The van der Waals surface area contributed by atoms with Gasteiger partial charge in [-0.05, 0) is 55.5 Å². The Labute approximate surface area is 210 Å². The van der Waals surface area contributed by atoms with Gasteiger partial charge in [0.15, 0.2) is 5.78 Å². The van der Waals surface area contributed by atoms with Crippen LogP contribution in [0.5, 0.6) is 11.5 Å². The highest BCUT2D eigenvalue weighted by Crippen LogP contribution is 2.47. The molecule has 0 bridgehead atoms. The summed E-state index contributed by atoms with van der Waals surface area (Å²) < 4.78 is 16.8. The fourth-order valence-electron chi connectivity index (χ4n) is 5.59. The molecule has 188 valence electrons. The van der Waals surface area contributed by atoms with E-state index in [1.807, 2.05) is 37.3 Å². The number of carbonyl (C=O) groups is 2. The van der Waals surface area contributed by atoms with Crippen LogP contribution in [0, 0.1) is 0 Å². The van der Waals surface area contributed by atoms with Gasteiger partial charge in [0.1, 0.15) is 18.1 Å². The molecule has 2 aromatic rings. The van der Waals surface area contributed by atoms with Crippen molar-refractivity contribution in [1.29, 1.82) is 0 Å². The van der Waals surface area contributed by atoms with E-state index in [-0.39, 0.29) is 30.2 Å². The lowest BCUT2D eigenvalue weighted by Crippen LogP contribution is -2.36. The van der Waals surface area contributed by atoms with Crippen LogP contribution in [0.15, 0.2) is 71.1 Å². The number of hydrogen-bond donors (Lipinski definition) is 2. The molecule has 1 saturated heterocycles. The highest BCUT2D eigenvalue weighted by Gasteiger charge is 2.42. The Hall–Kier alpha value is -3.58. The first kappa shape index (κ1) is 24.1. The molecule has 0 amide bonds. The summed E-state index contributed by atoms with van der Waals surface area (Å²) >= 11 is 0. The van der Waals surface area contributed by atoms with E-state index in [9.17, 15) is 14.7 Å². The number of esters is 1. The third-order valence-corrected chi connectivity index (χ3v) is 7.25. The Morgan fingerprint density at radius 1 is 1.17 bits per heavy atom. The quantitative estimate of drug-likeness (QED) is 0.578. The summed E-state index contributed by atoms with van der Waals surface area (Å²) in [5, 5.41) is 13.6. The van der Waals surface area contributed by atoms with Crippen LogP contribution >= 0.6 is 0 Å². The standard InChI is InChI=1S/C29H31NO6/c1-17-26(29(33)36-16-21-9-6-12-35-21)27(18-7-5-8-20(31)13-18)28-23(30-17)14-19(15-24(28)32)22-10-3-4-11-25(22)34-2/h3-5,7-8,10-11,13,19,21,27,30-31H,6,9,12,14-16H2,1-2H3/t19-,21?,27-/m0/s1. The average molecular weight is 490 g/mol. The molecule has 0 radical (unpaired) electrons. The number of para-hydroxylation sites is 1. The lowest BCUT2D eigenvalue weighted by Gasteiger charge is -2.37. The van der Waals surface area contributed by atoms with Crippen molar-refractivity contribution >= 4 is 11.8 Å². The third kappa shape index (κ3) is 4.63. The predicted octanol–water partition coefficient (Wildman–Crippen LogP) is 4.48. The van der Waals surface area contributed by atoms with Gasteiger partial charge in [0.25, 0.3) is 0 Å². The minimum absolute atomic E-state index is 0.0371. The zero-order valence-electron chi connectivity index (χ0n) is 20.6. The number of ketones is 1. The molecule has 36 heavy (non-hydrogen) atoms. The molecule has 3 aliphatic rings. The van der Waals surface area contributed by atoms with E-state index in [1.54, 1.807) is 25.3 Å². The molecule has 0 saturated carbocycles. The molecule has 1 aliphatic carbocycles. The summed E-state index contributed by atoms with van der Waals surface area (Å²) in [7, 11) is 1.63. The molecule has 2 aromatic carbocycles. The number of aromatic hydroxyl groups is 1. The minimum Gasteiger partial charge on any atom is -0.508 e. The summed E-state index contributed by atoms with van der Waals surface area (Å²) in [6, 6.07) is 14.5. The first-order valence-corrected chi connectivity index (χ1v) is 12.4. The van der Waals surface area contributed by atoms with Gasteiger partial charge in [0.05, 0.1) is 18.8 Å². The number of phenolic OH excluding ortho intramolecular Hbond substituents is 1. The molecular formula is C29H31NO6. The monoisotopic (exact) mass is 489 g/mol. The first-order chi connectivity index (χ1) is 17.5. The third-order valence-electron chi connectivity index (χ3n) is 7.25. The number of carbonyl (C=O) groups excluding carboxylic acids is 2. The Morgan fingerprint density at radius 2 is 2.00 bits per heavy atom. The number of nitrogens with one attached hydrogen (secondary N) is 1. The molecule has 5 rings (SSSR count). The second-order valence-corrected chi connectivity index (χ2v) is 9.59. The lowest BCUT2D eigenvalue weighted by molar-refractivity contribution is -0.142. The number of dihydropyridines is 1. The smallest absolute Gasteiger partial charge is 0.336 e. The van der Waals surface area contributed by atoms with Gasteiger partial charge in [0, 0.05) is 41.8 Å². The van der Waals surface area contributed by atoms with Gasteiger partial charge in [-0.15, -0.1) is 0 Å². The van der Waals surface area contributed by atoms with Gasteiger partial charge in [-0.25, -0.2) is 4.79 Å². The van der Waals surface area contributed by atoms with Gasteiger partial charge in [-0.3, -0.25) is 4.79 Å². The summed E-state index contributed by atoms with van der Waals surface area (Å²) in [6.45, 7) is 2.69. The van der Waals surface area contributed by atoms with E-state index in [1.165, 1.54) is 0 Å². The fraction of sp³-hybridized carbons (Fsp3) is 0.379. The van der Waals surface area contributed by atoms with Gasteiger partial charge in [0.2, 0.25) is 0 Å². The van der Waals surface area contributed by atoms with Crippen molar-refractivity contribution in [2.45, 2.75) is 50.5 Å². The molecule has 2 N–H and O–H groups in total. The van der Waals surface area contributed by atoms with E-state index in [4.69, 9.17) is 14.2 Å². The Bertz CT molecular complexity index is 1240. The van der Waals surface area contributed by atoms with Gasteiger partial charge >= 0.3 is 5.97 Å². The van der Waals surface area contributed by atoms with Gasteiger partial charge < -0.3 is 24.6 Å². The van der Waals surface area contributed by atoms with Crippen molar-refractivity contribution < 1.29 is 28.9 Å². The maximum absolute atomic E-state index is 13.7. The van der Waals surface area contributed by atoms with Crippen LogP contribution in [0.3, 0.4) is 0 Å². The van der Waals surface area contributed by atoms with Crippen molar-refractivity contribution in [1.82, 2.24) is 5.32 Å². The van der Waals surface area contributed by atoms with E-state index in [2.05, 4.69) is 5.32 Å². The second kappa shape index (κ2) is 10.2. The molecule has 7 nitrogen and oxygen atoms in total. The zero-order valence-corrected chi connectivity index (χ0v) is 20.6. The fourth-order valence-corrected chi connectivity index (χ4v) is 5.59. The largest absolute Gasteiger partial charge is 0.508 e. The maximum atomic E-state index is 13.7. The minimum atomic E-state index is -0.628. The van der Waals surface area contributed by atoms with Crippen molar-refractivity contribution in [2.24, 2.45) is 0 Å². The van der Waals surface area contributed by atoms with Crippen molar-refractivity contribution in [3.8, 4) is 11.5 Å². The molecule has 1 fully saturated rings. The number of benzene rings is 2. The van der Waals surface area contributed by atoms with E-state index >= 15 is 0 Å². The predicted molar refractivity (Wildman–Crippen MR) is 134 cm³/mol. The number of Topliss-reactive ketones (excluding diaryl/α,β-unsaturated/α-hetero) is 1. The average Bonchev–Trinajstić information content (AvgIpc) is 3.40. The van der Waals surface area contributed by atoms with Crippen molar-refractivity contribution in [3.05, 3.63) is 82.2 Å². The molecule has 2 aliphatic heterocycles. The summed E-state index contributed by atoms with van der Waals surface area (Å²) in [6.07, 6.45) is 2.62. The number of methoxy groups -OCH3 is 1. The first-order valence-electron chi connectivity index (χ1n) is 12.4. The van der Waals surface area contributed by atoms with Crippen LogP contribution in [0.4, 0.5) is 0 Å². The van der Waals surface area contributed by atoms with Crippen LogP contribution in [-0.2, 0) is 19.1 Å². The van der Waals surface area contributed by atoms with Crippen LogP contribution in [0.1, 0.15) is 55.6 Å². The number of allylic oxidation sites excluding steroid dienone is 3. The summed E-state index contributed by atoms with van der Waals surface area (Å²) in [5.74, 6) is -0.361. The molecule has 0 aromatic heterocycles. The Kier molecular flexibility index (Phi) is 6.83. The zero-order chi connectivity index (χ0) is 25.2. The molecular weight excluding hydrogens is 458 g/mol. The van der Waals surface area contributed by atoms with Crippen molar-refractivity contribution in [3.63, 3.8) is 0 Å².